The van der Waals surface area contributed by atoms with Crippen molar-refractivity contribution in [3.63, 3.8) is 0 Å². The SMILES string of the molecule is C[C@@]12C(=O)N(c3ccccc3)C(=O)[C@@H]1C[C@@H]1C(=CC[C@@H]3C(=O)N(c4ccc(Nc5ccccc5)cc4)C(=O)[C@@H]31)[C@@H]2c1ccccc1OCCO. The summed E-state index contributed by atoms with van der Waals surface area (Å²) in [5.41, 5.74) is 3.15. The molecule has 0 aromatic heterocycles. The summed E-state index contributed by atoms with van der Waals surface area (Å²) in [6.07, 6.45) is 2.64. The molecule has 4 aliphatic rings. The summed E-state index contributed by atoms with van der Waals surface area (Å²) in [4.78, 5) is 60.2. The van der Waals surface area contributed by atoms with Crippen molar-refractivity contribution in [3.05, 3.63) is 126 Å². The fourth-order valence-corrected chi connectivity index (χ4v) is 8.83. The summed E-state index contributed by atoms with van der Waals surface area (Å²) in [6, 6.07) is 33.3. The van der Waals surface area contributed by atoms with Crippen LogP contribution in [0.2, 0.25) is 0 Å². The van der Waals surface area contributed by atoms with Crippen LogP contribution in [-0.2, 0) is 19.2 Å². The monoisotopic (exact) mass is 667 g/mol. The van der Waals surface area contributed by atoms with Crippen LogP contribution in [0.5, 0.6) is 5.75 Å². The molecule has 4 aromatic carbocycles. The second-order valence-corrected chi connectivity index (χ2v) is 13.7. The van der Waals surface area contributed by atoms with Gasteiger partial charge in [-0.1, -0.05) is 66.2 Å². The molecule has 2 aliphatic carbocycles. The minimum atomic E-state index is -1.19. The molecule has 4 aromatic rings. The predicted octanol–water partition coefficient (Wildman–Crippen LogP) is 6.24. The van der Waals surface area contributed by atoms with Gasteiger partial charge in [-0.15, -0.1) is 0 Å². The number of hydrogen-bond donors (Lipinski definition) is 2. The van der Waals surface area contributed by atoms with Crippen molar-refractivity contribution in [1.29, 1.82) is 0 Å². The molecule has 1 saturated carbocycles. The second-order valence-electron chi connectivity index (χ2n) is 13.7. The van der Waals surface area contributed by atoms with Crippen LogP contribution in [0, 0.1) is 29.1 Å². The number of para-hydroxylation sites is 3. The van der Waals surface area contributed by atoms with E-state index in [0.29, 0.717) is 29.1 Å². The van der Waals surface area contributed by atoms with E-state index >= 15 is 0 Å². The van der Waals surface area contributed by atoms with Gasteiger partial charge in [0.1, 0.15) is 12.4 Å². The molecular weight excluding hydrogens is 630 g/mol. The van der Waals surface area contributed by atoms with Crippen molar-refractivity contribution in [2.24, 2.45) is 29.1 Å². The maximum absolute atomic E-state index is 14.6. The first kappa shape index (κ1) is 31.7. The molecule has 6 atom stereocenters. The van der Waals surface area contributed by atoms with Gasteiger partial charge < -0.3 is 15.2 Å². The van der Waals surface area contributed by atoms with E-state index in [1.54, 1.807) is 42.5 Å². The van der Waals surface area contributed by atoms with Gasteiger partial charge in [0.2, 0.25) is 23.6 Å². The molecule has 0 bridgehead atoms. The maximum Gasteiger partial charge on any atom is 0.241 e. The number of aliphatic hydroxyl groups excluding tert-OH is 1. The number of ether oxygens (including phenoxy) is 1. The molecule has 2 heterocycles. The molecule has 0 unspecified atom stereocenters. The zero-order valence-corrected chi connectivity index (χ0v) is 27.6. The van der Waals surface area contributed by atoms with Crippen LogP contribution in [0.25, 0.3) is 0 Å². The average Bonchev–Trinajstić information content (AvgIpc) is 3.51. The van der Waals surface area contributed by atoms with Gasteiger partial charge in [0.15, 0.2) is 0 Å². The number of imide groups is 2. The number of aliphatic hydroxyl groups is 1. The largest absolute Gasteiger partial charge is 0.491 e. The summed E-state index contributed by atoms with van der Waals surface area (Å²) >= 11 is 0. The molecule has 0 radical (unpaired) electrons. The van der Waals surface area contributed by atoms with Crippen molar-refractivity contribution in [2.75, 3.05) is 28.3 Å². The molecule has 50 heavy (non-hydrogen) atoms. The topological polar surface area (TPSA) is 116 Å². The highest BCUT2D eigenvalue weighted by Gasteiger charge is 2.68. The Hall–Kier alpha value is -5.54. The van der Waals surface area contributed by atoms with Gasteiger partial charge in [-0.2, -0.15) is 0 Å². The van der Waals surface area contributed by atoms with Crippen molar-refractivity contribution in [2.45, 2.75) is 25.7 Å². The number of fused-ring (bicyclic) bond motifs is 4. The molecule has 252 valence electrons. The van der Waals surface area contributed by atoms with Crippen LogP contribution in [0.15, 0.2) is 121 Å². The van der Waals surface area contributed by atoms with E-state index in [4.69, 9.17) is 4.74 Å². The molecule has 2 N–H and O–H groups in total. The van der Waals surface area contributed by atoms with Crippen molar-refractivity contribution in [3.8, 4) is 5.75 Å². The van der Waals surface area contributed by atoms with Gasteiger partial charge in [0, 0.05) is 22.9 Å². The van der Waals surface area contributed by atoms with Crippen LogP contribution >= 0.6 is 0 Å². The van der Waals surface area contributed by atoms with Gasteiger partial charge in [0.25, 0.3) is 0 Å². The Labute approximate surface area is 290 Å². The van der Waals surface area contributed by atoms with E-state index in [0.717, 1.165) is 16.9 Å². The zero-order chi connectivity index (χ0) is 34.6. The first-order valence-electron chi connectivity index (χ1n) is 17.1. The fraction of sp³-hybridized carbons (Fsp3) is 0.268. The summed E-state index contributed by atoms with van der Waals surface area (Å²) in [5.74, 6) is -3.71. The van der Waals surface area contributed by atoms with E-state index in [2.05, 4.69) is 5.32 Å². The molecule has 3 fully saturated rings. The van der Waals surface area contributed by atoms with Crippen molar-refractivity contribution in [1.82, 2.24) is 0 Å². The number of nitrogens with one attached hydrogen (secondary N) is 1. The molecular formula is C41H37N3O6. The molecule has 9 nitrogen and oxygen atoms in total. The molecule has 2 saturated heterocycles. The standard InChI is InChI=1S/C41H37N3O6/c1-41-33(38(47)44(40(41)49)27-12-6-3-7-13-27)24-32-29(36(41)30-14-8-9-15-34(30)50-23-22-45)20-21-31-35(32)39(48)43(37(31)46)28-18-16-26(17-19-28)42-25-10-4-2-5-11-25/h2-20,31-33,35-36,42,45H,21-24H2,1H3/t31-,32+,33-,35-,36+,41+/m0/s1. The minimum Gasteiger partial charge on any atom is -0.491 e. The third kappa shape index (κ3) is 4.87. The lowest BCUT2D eigenvalue weighted by Crippen LogP contribution is -2.49. The van der Waals surface area contributed by atoms with E-state index < -0.39 is 35.0 Å². The summed E-state index contributed by atoms with van der Waals surface area (Å²) in [6.45, 7) is 1.72. The van der Waals surface area contributed by atoms with Gasteiger partial charge in [-0.05, 0) is 80.3 Å². The highest BCUT2D eigenvalue weighted by atomic mass is 16.5. The normalized spacial score (nSPS) is 27.1. The summed E-state index contributed by atoms with van der Waals surface area (Å²) in [7, 11) is 0. The van der Waals surface area contributed by atoms with Gasteiger partial charge in [-0.3, -0.25) is 24.1 Å². The van der Waals surface area contributed by atoms with Crippen LogP contribution in [0.1, 0.15) is 31.2 Å². The Kier molecular flexibility index (Phi) is 7.87. The lowest BCUT2D eigenvalue weighted by atomic mass is 9.51. The Morgan fingerprint density at radius 3 is 2.10 bits per heavy atom. The number of allylic oxidation sites excluding steroid dienone is 2. The van der Waals surface area contributed by atoms with E-state index in [-0.39, 0.29) is 43.3 Å². The summed E-state index contributed by atoms with van der Waals surface area (Å²) < 4.78 is 6.01. The predicted molar refractivity (Wildman–Crippen MR) is 189 cm³/mol. The number of nitrogens with zero attached hydrogens (tertiary/aromatic N) is 2. The van der Waals surface area contributed by atoms with Crippen molar-refractivity contribution < 1.29 is 29.0 Å². The van der Waals surface area contributed by atoms with Crippen LogP contribution < -0.4 is 19.9 Å². The molecule has 9 heteroatoms. The fourth-order valence-electron chi connectivity index (χ4n) is 8.83. The molecule has 4 amide bonds. The first-order chi connectivity index (χ1) is 24.3. The number of carbonyl (C=O) groups excluding carboxylic acids is 4. The van der Waals surface area contributed by atoms with E-state index in [9.17, 15) is 24.3 Å². The number of rotatable bonds is 8. The van der Waals surface area contributed by atoms with E-state index in [1.165, 1.54) is 9.80 Å². The molecule has 0 spiro atoms. The average molecular weight is 668 g/mol. The lowest BCUT2D eigenvalue weighted by Gasteiger charge is -2.49. The van der Waals surface area contributed by atoms with Crippen LogP contribution in [0.4, 0.5) is 22.7 Å². The van der Waals surface area contributed by atoms with E-state index in [1.807, 2.05) is 79.7 Å². The number of benzene rings is 4. The first-order valence-corrected chi connectivity index (χ1v) is 17.1. The molecule has 2 aliphatic heterocycles. The third-order valence-corrected chi connectivity index (χ3v) is 11.1. The Morgan fingerprint density at radius 2 is 1.38 bits per heavy atom. The van der Waals surface area contributed by atoms with Crippen molar-refractivity contribution >= 4 is 46.4 Å². The number of amides is 4. The van der Waals surface area contributed by atoms with Gasteiger partial charge in [0.05, 0.1) is 41.2 Å². The summed E-state index contributed by atoms with van der Waals surface area (Å²) in [5, 5.41) is 12.9. The van der Waals surface area contributed by atoms with Crippen LogP contribution in [0.3, 0.4) is 0 Å². The van der Waals surface area contributed by atoms with Gasteiger partial charge >= 0.3 is 0 Å². The zero-order valence-electron chi connectivity index (χ0n) is 27.6. The highest BCUT2D eigenvalue weighted by molar-refractivity contribution is 6.25. The molecule has 8 rings (SSSR count). The highest BCUT2D eigenvalue weighted by Crippen LogP contribution is 2.64. The Morgan fingerprint density at radius 1 is 0.740 bits per heavy atom. The number of carbonyl (C=O) groups is 4. The number of anilines is 4. The number of hydrogen-bond acceptors (Lipinski definition) is 7. The Bertz CT molecular complexity index is 2010. The second kappa shape index (κ2) is 12.4. The third-order valence-electron chi connectivity index (χ3n) is 11.1. The van der Waals surface area contributed by atoms with Gasteiger partial charge in [-0.25, -0.2) is 4.90 Å². The lowest BCUT2D eigenvalue weighted by molar-refractivity contribution is -0.131. The smallest absolute Gasteiger partial charge is 0.241 e. The quantitative estimate of drug-likeness (QED) is 0.169. The Balaban J connectivity index is 1.18. The maximum atomic E-state index is 14.6. The minimum absolute atomic E-state index is 0.0572. The van der Waals surface area contributed by atoms with Crippen LogP contribution in [-0.4, -0.2) is 41.9 Å².